The fraction of sp³-hybridized carbons (Fsp3) is 0.125. The first-order valence-electron chi connectivity index (χ1n) is 3.40. The molecule has 1 rings (SSSR count). The van der Waals surface area contributed by atoms with Crippen molar-refractivity contribution in [3.63, 3.8) is 0 Å². The minimum Gasteiger partial charge on any atom is -0.396 e. The number of ketones is 1. The van der Waals surface area contributed by atoms with E-state index in [1.165, 1.54) is 12.1 Å². The molecule has 0 bridgehead atoms. The molecule has 0 saturated heterocycles. The molecule has 2 nitrogen and oxygen atoms in total. The van der Waals surface area contributed by atoms with Gasteiger partial charge in [0.1, 0.15) is 0 Å². The van der Waals surface area contributed by atoms with Gasteiger partial charge >= 0.3 is 0 Å². The molecule has 0 fully saturated rings. The maximum atomic E-state index is 13.2. The van der Waals surface area contributed by atoms with Crippen molar-refractivity contribution in [1.82, 2.24) is 0 Å². The maximum Gasteiger partial charge on any atom is 0.176 e. The first-order chi connectivity index (χ1) is 6.06. The van der Waals surface area contributed by atoms with E-state index >= 15 is 0 Å². The molecule has 1 aromatic carbocycles. The van der Waals surface area contributed by atoms with Crippen molar-refractivity contribution in [3.05, 3.63) is 28.0 Å². The Bertz CT molecular complexity index is 354. The third kappa shape index (κ3) is 2.28. The highest BCUT2D eigenvalue weighted by Gasteiger charge is 2.13. The molecule has 0 amide bonds. The Balaban J connectivity index is 3.28. The van der Waals surface area contributed by atoms with Crippen LogP contribution in [0.5, 0.6) is 0 Å². The number of hydrogen-bond donors (Lipinski definition) is 1. The second-order valence-electron chi connectivity index (χ2n) is 2.41. The largest absolute Gasteiger partial charge is 0.396 e. The number of halogens is 3. The van der Waals surface area contributed by atoms with Gasteiger partial charge in [-0.25, -0.2) is 4.39 Å². The second-order valence-corrected chi connectivity index (χ2v) is 3.89. The van der Waals surface area contributed by atoms with Gasteiger partial charge in [-0.3, -0.25) is 4.79 Å². The van der Waals surface area contributed by atoms with Crippen molar-refractivity contribution in [1.29, 1.82) is 0 Å². The molecule has 0 aliphatic heterocycles. The van der Waals surface area contributed by atoms with Crippen LogP contribution in [-0.4, -0.2) is 11.1 Å². The van der Waals surface area contributed by atoms with Gasteiger partial charge in [0, 0.05) is 4.47 Å². The summed E-state index contributed by atoms with van der Waals surface area (Å²) in [5.41, 5.74) is 5.32. The lowest BCUT2D eigenvalue weighted by Gasteiger charge is -2.03. The van der Waals surface area contributed by atoms with E-state index in [1.54, 1.807) is 0 Å². The third-order valence-electron chi connectivity index (χ3n) is 1.49. The van der Waals surface area contributed by atoms with Crippen LogP contribution in [0.3, 0.4) is 0 Å². The molecule has 1 aromatic rings. The zero-order chi connectivity index (χ0) is 10.0. The fourth-order valence-electron chi connectivity index (χ4n) is 0.885. The van der Waals surface area contributed by atoms with E-state index < -0.39 is 5.82 Å². The van der Waals surface area contributed by atoms with Gasteiger partial charge in [-0.05, 0) is 12.1 Å². The summed E-state index contributed by atoms with van der Waals surface area (Å²) in [7, 11) is 0. The lowest BCUT2D eigenvalue weighted by Crippen LogP contribution is -2.06. The predicted molar refractivity (Wildman–Crippen MR) is 56.6 cm³/mol. The first kappa shape index (κ1) is 10.7. The molecule has 0 heterocycles. The Labute approximate surface area is 91.6 Å². The number of Topliss-reactive ketones (excluding diaryl/α,β-unsaturated/α-hetero) is 1. The highest BCUT2D eigenvalue weighted by molar-refractivity contribution is 9.10. The number of rotatable bonds is 2. The standard InChI is InChI=1S/C8H6Br2FNO/c9-3-7(13)5-1-4(10)2-6(12)8(5)11/h1-2H,3,12H2. The summed E-state index contributed by atoms with van der Waals surface area (Å²) >= 11 is 6.09. The summed E-state index contributed by atoms with van der Waals surface area (Å²) in [5.74, 6) is -0.988. The van der Waals surface area contributed by atoms with Crippen LogP contribution in [-0.2, 0) is 0 Å². The summed E-state index contributed by atoms with van der Waals surface area (Å²) in [6, 6.07) is 2.83. The topological polar surface area (TPSA) is 43.1 Å². The van der Waals surface area contributed by atoms with E-state index in [9.17, 15) is 9.18 Å². The van der Waals surface area contributed by atoms with Crippen molar-refractivity contribution < 1.29 is 9.18 Å². The molecule has 70 valence electrons. The molecule has 0 radical (unpaired) electrons. The van der Waals surface area contributed by atoms with E-state index in [4.69, 9.17) is 5.73 Å². The van der Waals surface area contributed by atoms with Gasteiger partial charge in [-0.1, -0.05) is 31.9 Å². The number of benzene rings is 1. The van der Waals surface area contributed by atoms with Gasteiger partial charge in [-0.15, -0.1) is 0 Å². The van der Waals surface area contributed by atoms with Gasteiger partial charge < -0.3 is 5.73 Å². The van der Waals surface area contributed by atoms with Gasteiger partial charge in [-0.2, -0.15) is 0 Å². The average Bonchev–Trinajstić information content (AvgIpc) is 2.10. The molecule has 0 aliphatic carbocycles. The summed E-state index contributed by atoms with van der Waals surface area (Å²) in [5, 5.41) is 0.0831. The first-order valence-corrected chi connectivity index (χ1v) is 5.31. The Morgan fingerprint density at radius 3 is 2.69 bits per heavy atom. The lowest BCUT2D eigenvalue weighted by atomic mass is 10.1. The van der Waals surface area contributed by atoms with Crippen molar-refractivity contribution in [2.24, 2.45) is 0 Å². The van der Waals surface area contributed by atoms with Crippen LogP contribution >= 0.6 is 31.9 Å². The number of anilines is 1. The van der Waals surface area contributed by atoms with Gasteiger partial charge in [0.05, 0.1) is 16.6 Å². The van der Waals surface area contributed by atoms with Crippen LogP contribution in [0, 0.1) is 5.82 Å². The summed E-state index contributed by atoms with van der Waals surface area (Å²) in [6.45, 7) is 0. The van der Waals surface area contributed by atoms with Gasteiger partial charge in [0.2, 0.25) is 0 Å². The van der Waals surface area contributed by atoms with Crippen LogP contribution in [0.1, 0.15) is 10.4 Å². The molecule has 0 spiro atoms. The molecule has 0 unspecified atom stereocenters. The zero-order valence-electron chi connectivity index (χ0n) is 6.48. The monoisotopic (exact) mass is 309 g/mol. The zero-order valence-corrected chi connectivity index (χ0v) is 9.65. The Kier molecular flexibility index (Phi) is 3.44. The van der Waals surface area contributed by atoms with Crippen LogP contribution in [0.4, 0.5) is 10.1 Å². The van der Waals surface area contributed by atoms with Crippen molar-refractivity contribution >= 4 is 43.3 Å². The van der Waals surface area contributed by atoms with Crippen LogP contribution in [0.25, 0.3) is 0 Å². The number of hydrogen-bond acceptors (Lipinski definition) is 2. The molecular formula is C8H6Br2FNO. The number of nitrogen functional groups attached to an aromatic ring is 1. The van der Waals surface area contributed by atoms with Crippen LogP contribution in [0.2, 0.25) is 0 Å². The molecule has 0 aromatic heterocycles. The number of alkyl halides is 1. The smallest absolute Gasteiger partial charge is 0.176 e. The second kappa shape index (κ2) is 4.19. The molecular weight excluding hydrogens is 305 g/mol. The highest BCUT2D eigenvalue weighted by atomic mass is 79.9. The van der Waals surface area contributed by atoms with Gasteiger partial charge in [0.15, 0.2) is 11.6 Å². The molecule has 0 aliphatic rings. The van der Waals surface area contributed by atoms with Crippen molar-refractivity contribution in [2.45, 2.75) is 0 Å². The van der Waals surface area contributed by atoms with E-state index in [0.717, 1.165) is 0 Å². The van der Waals surface area contributed by atoms with Crippen molar-refractivity contribution in [3.8, 4) is 0 Å². The molecule has 5 heteroatoms. The minimum atomic E-state index is -0.660. The van der Waals surface area contributed by atoms with E-state index in [0.29, 0.717) is 4.47 Å². The maximum absolute atomic E-state index is 13.2. The van der Waals surface area contributed by atoms with Crippen LogP contribution < -0.4 is 5.73 Å². The molecule has 13 heavy (non-hydrogen) atoms. The SMILES string of the molecule is Nc1cc(Br)cc(C(=O)CBr)c1F. The number of carbonyl (C=O) groups is 1. The van der Waals surface area contributed by atoms with Crippen molar-refractivity contribution in [2.75, 3.05) is 11.1 Å². The Morgan fingerprint density at radius 1 is 1.54 bits per heavy atom. The average molecular weight is 311 g/mol. The Morgan fingerprint density at radius 2 is 2.15 bits per heavy atom. The lowest BCUT2D eigenvalue weighted by molar-refractivity contribution is 0.102. The highest BCUT2D eigenvalue weighted by Crippen LogP contribution is 2.22. The minimum absolute atomic E-state index is 0.00347. The Hall–Kier alpha value is -0.420. The molecule has 2 N–H and O–H groups in total. The van der Waals surface area contributed by atoms with Gasteiger partial charge in [0.25, 0.3) is 0 Å². The molecule has 0 saturated carbocycles. The quantitative estimate of drug-likeness (QED) is 0.518. The number of carbonyl (C=O) groups excluding carboxylic acids is 1. The van der Waals surface area contributed by atoms with E-state index in [2.05, 4.69) is 31.9 Å². The summed E-state index contributed by atoms with van der Waals surface area (Å²) in [6.07, 6.45) is 0. The third-order valence-corrected chi connectivity index (χ3v) is 2.45. The van der Waals surface area contributed by atoms with E-state index in [1.807, 2.05) is 0 Å². The van der Waals surface area contributed by atoms with Crippen LogP contribution in [0.15, 0.2) is 16.6 Å². The molecule has 0 atom stereocenters. The van der Waals surface area contributed by atoms with E-state index in [-0.39, 0.29) is 22.4 Å². The number of nitrogens with two attached hydrogens (primary N) is 1. The normalized spacial score (nSPS) is 10.1. The predicted octanol–water partition coefficient (Wildman–Crippen LogP) is 2.75. The fourth-order valence-corrected chi connectivity index (χ4v) is 1.66. The summed E-state index contributed by atoms with van der Waals surface area (Å²) < 4.78 is 13.8. The summed E-state index contributed by atoms with van der Waals surface area (Å²) in [4.78, 5) is 11.2.